The van der Waals surface area contributed by atoms with Crippen molar-refractivity contribution >= 4 is 28.9 Å². The summed E-state index contributed by atoms with van der Waals surface area (Å²) in [5.74, 6) is -0.110. The molecule has 2 rings (SSSR count). The van der Waals surface area contributed by atoms with E-state index in [4.69, 9.17) is 23.2 Å². The molecule has 1 heterocycles. The molecule has 0 aliphatic carbocycles. The molecule has 7 heteroatoms. The summed E-state index contributed by atoms with van der Waals surface area (Å²) < 4.78 is 1.66. The molecule has 0 atom stereocenters. The lowest BCUT2D eigenvalue weighted by molar-refractivity contribution is 0.476. The Morgan fingerprint density at radius 3 is 2.53 bits per heavy atom. The molecule has 0 spiro atoms. The van der Waals surface area contributed by atoms with Crippen LogP contribution in [0, 0.1) is 0 Å². The van der Waals surface area contributed by atoms with Crippen molar-refractivity contribution in [2.45, 2.75) is 6.54 Å². The first-order valence-electron chi connectivity index (χ1n) is 4.83. The highest BCUT2D eigenvalue weighted by molar-refractivity contribution is 6.37. The zero-order chi connectivity index (χ0) is 12.4. The van der Waals surface area contributed by atoms with Crippen molar-refractivity contribution in [3.63, 3.8) is 0 Å². The molecule has 0 saturated carbocycles. The van der Waals surface area contributed by atoms with Crippen molar-refractivity contribution in [3.05, 3.63) is 34.1 Å². The Bertz CT molecular complexity index is 518. The van der Waals surface area contributed by atoms with Gasteiger partial charge >= 0.3 is 0 Å². The second-order valence-electron chi connectivity index (χ2n) is 3.49. The molecular weight excluding hydrogens is 263 g/mol. The Morgan fingerprint density at radius 1 is 1.35 bits per heavy atom. The van der Waals surface area contributed by atoms with E-state index in [0.717, 1.165) is 11.4 Å². The van der Waals surface area contributed by atoms with E-state index in [0.29, 0.717) is 6.54 Å². The molecule has 5 nitrogen and oxygen atoms in total. The molecule has 0 bridgehead atoms. The predicted octanol–water partition coefficient (Wildman–Crippen LogP) is 2.44. The lowest BCUT2D eigenvalue weighted by Crippen LogP contribution is -2.05. The molecule has 1 aromatic heterocycles. The first kappa shape index (κ1) is 12.0. The van der Waals surface area contributed by atoms with Gasteiger partial charge in [0, 0.05) is 12.7 Å². The lowest BCUT2D eigenvalue weighted by atomic mass is 10.3. The zero-order valence-corrected chi connectivity index (χ0v) is 10.5. The monoisotopic (exact) mass is 272 g/mol. The molecule has 0 aliphatic heterocycles. The third-order valence-electron chi connectivity index (χ3n) is 2.30. The van der Waals surface area contributed by atoms with Gasteiger partial charge in [-0.15, -0.1) is 5.10 Å². The number of aromatic hydroxyl groups is 1. The van der Waals surface area contributed by atoms with E-state index < -0.39 is 0 Å². The number of aromatic nitrogens is 3. The Labute approximate surface area is 108 Å². The van der Waals surface area contributed by atoms with Crippen LogP contribution in [-0.4, -0.2) is 20.1 Å². The summed E-state index contributed by atoms with van der Waals surface area (Å²) in [6.45, 7) is 0.543. The van der Waals surface area contributed by atoms with E-state index in [2.05, 4.69) is 15.6 Å². The number of rotatable bonds is 3. The van der Waals surface area contributed by atoms with Gasteiger partial charge in [-0.2, -0.15) is 0 Å². The minimum Gasteiger partial charge on any atom is -0.505 e. The molecule has 0 aliphatic rings. The second kappa shape index (κ2) is 4.81. The van der Waals surface area contributed by atoms with Crippen LogP contribution in [0.25, 0.3) is 0 Å². The van der Waals surface area contributed by atoms with Crippen LogP contribution < -0.4 is 5.32 Å². The van der Waals surface area contributed by atoms with Crippen LogP contribution >= 0.6 is 23.2 Å². The van der Waals surface area contributed by atoms with E-state index in [1.54, 1.807) is 30.1 Å². The fourth-order valence-electron chi connectivity index (χ4n) is 1.33. The van der Waals surface area contributed by atoms with E-state index in [9.17, 15) is 5.11 Å². The van der Waals surface area contributed by atoms with Crippen LogP contribution in [0.4, 0.5) is 5.69 Å². The topological polar surface area (TPSA) is 63.0 Å². The number of nitrogens with one attached hydrogen (secondary N) is 1. The average molecular weight is 273 g/mol. The van der Waals surface area contributed by atoms with Gasteiger partial charge in [-0.3, -0.25) is 4.68 Å². The second-order valence-corrected chi connectivity index (χ2v) is 4.31. The van der Waals surface area contributed by atoms with Gasteiger partial charge < -0.3 is 10.4 Å². The fourth-order valence-corrected chi connectivity index (χ4v) is 1.82. The lowest BCUT2D eigenvalue weighted by Gasteiger charge is -2.08. The molecule has 0 radical (unpaired) electrons. The summed E-state index contributed by atoms with van der Waals surface area (Å²) in [5, 5.41) is 20.5. The zero-order valence-electron chi connectivity index (χ0n) is 8.98. The number of nitrogens with zero attached hydrogens (tertiary/aromatic N) is 3. The highest BCUT2D eigenvalue weighted by Crippen LogP contribution is 2.34. The highest BCUT2D eigenvalue weighted by Gasteiger charge is 2.07. The molecule has 0 fully saturated rings. The van der Waals surface area contributed by atoms with Crippen molar-refractivity contribution < 1.29 is 5.11 Å². The van der Waals surface area contributed by atoms with Crippen LogP contribution in [0.15, 0.2) is 18.3 Å². The SMILES string of the molecule is Cn1nncc1CNc1cc(Cl)c(O)c(Cl)c1. The van der Waals surface area contributed by atoms with Crippen LogP contribution in [0.5, 0.6) is 5.75 Å². The molecule has 2 N–H and O–H groups in total. The number of phenolic OH excluding ortho intramolecular Hbond substituents is 1. The molecule has 90 valence electrons. The maximum atomic E-state index is 9.41. The van der Waals surface area contributed by atoms with Gasteiger partial charge in [0.15, 0.2) is 5.75 Å². The van der Waals surface area contributed by atoms with Crippen molar-refractivity contribution in [2.75, 3.05) is 5.32 Å². The summed E-state index contributed by atoms with van der Waals surface area (Å²) >= 11 is 11.6. The first-order chi connectivity index (χ1) is 8.08. The van der Waals surface area contributed by atoms with Gasteiger partial charge in [-0.1, -0.05) is 28.4 Å². The number of benzene rings is 1. The quantitative estimate of drug-likeness (QED) is 0.843. The number of hydrogen-bond donors (Lipinski definition) is 2. The molecule has 2 aromatic rings. The summed E-state index contributed by atoms with van der Waals surface area (Å²) in [4.78, 5) is 0. The van der Waals surface area contributed by atoms with Crippen molar-refractivity contribution in [3.8, 4) is 5.75 Å². The average Bonchev–Trinajstić information content (AvgIpc) is 2.69. The van der Waals surface area contributed by atoms with Crippen molar-refractivity contribution in [2.24, 2.45) is 7.05 Å². The summed E-state index contributed by atoms with van der Waals surface area (Å²) in [6, 6.07) is 3.21. The van der Waals surface area contributed by atoms with Gasteiger partial charge in [0.2, 0.25) is 0 Å². The van der Waals surface area contributed by atoms with E-state index >= 15 is 0 Å². The van der Waals surface area contributed by atoms with Crippen molar-refractivity contribution in [1.29, 1.82) is 0 Å². The number of aryl methyl sites for hydroxylation is 1. The highest BCUT2D eigenvalue weighted by atomic mass is 35.5. The van der Waals surface area contributed by atoms with Crippen LogP contribution in [0.1, 0.15) is 5.69 Å². The molecule has 0 saturated heterocycles. The molecule has 17 heavy (non-hydrogen) atoms. The molecule has 1 aromatic carbocycles. The fraction of sp³-hybridized carbons (Fsp3) is 0.200. The van der Waals surface area contributed by atoms with Gasteiger partial charge in [0.05, 0.1) is 28.5 Å². The predicted molar refractivity (Wildman–Crippen MR) is 66.5 cm³/mol. The minimum atomic E-state index is -0.110. The molecule has 0 unspecified atom stereocenters. The molecule has 0 amide bonds. The van der Waals surface area contributed by atoms with Crippen LogP contribution in [0.3, 0.4) is 0 Å². The Kier molecular flexibility index (Phi) is 3.40. The van der Waals surface area contributed by atoms with Crippen LogP contribution in [-0.2, 0) is 13.6 Å². The van der Waals surface area contributed by atoms with Gasteiger partial charge in [0.25, 0.3) is 0 Å². The third kappa shape index (κ3) is 2.62. The van der Waals surface area contributed by atoms with Gasteiger partial charge in [0.1, 0.15) is 0 Å². The maximum absolute atomic E-state index is 9.41. The standard InChI is InChI=1S/C10H10Cl2N4O/c1-16-7(5-14-15-16)4-13-6-2-8(11)10(17)9(12)3-6/h2-3,5,13,17H,4H2,1H3. The smallest absolute Gasteiger partial charge is 0.152 e. The Hall–Kier alpha value is -1.46. The molecular formula is C10H10Cl2N4O. The number of anilines is 1. The normalized spacial score (nSPS) is 10.5. The van der Waals surface area contributed by atoms with E-state index in [1.807, 2.05) is 0 Å². The Morgan fingerprint density at radius 2 is 2.00 bits per heavy atom. The minimum absolute atomic E-state index is 0.110. The third-order valence-corrected chi connectivity index (χ3v) is 2.87. The van der Waals surface area contributed by atoms with Gasteiger partial charge in [-0.05, 0) is 12.1 Å². The number of phenols is 1. The largest absolute Gasteiger partial charge is 0.505 e. The number of halogens is 2. The Balaban J connectivity index is 2.12. The van der Waals surface area contributed by atoms with Crippen LogP contribution in [0.2, 0.25) is 10.0 Å². The first-order valence-corrected chi connectivity index (χ1v) is 5.59. The van der Waals surface area contributed by atoms with Crippen molar-refractivity contribution in [1.82, 2.24) is 15.0 Å². The number of hydrogen-bond acceptors (Lipinski definition) is 4. The van der Waals surface area contributed by atoms with Gasteiger partial charge in [-0.25, -0.2) is 0 Å². The van der Waals surface area contributed by atoms with E-state index in [-0.39, 0.29) is 15.8 Å². The summed E-state index contributed by atoms with van der Waals surface area (Å²) in [7, 11) is 1.81. The summed E-state index contributed by atoms with van der Waals surface area (Å²) in [5.41, 5.74) is 1.64. The van der Waals surface area contributed by atoms with E-state index in [1.165, 1.54) is 0 Å². The maximum Gasteiger partial charge on any atom is 0.152 e. The summed E-state index contributed by atoms with van der Waals surface area (Å²) in [6.07, 6.45) is 1.66.